The van der Waals surface area contributed by atoms with E-state index in [1.807, 2.05) is 19.0 Å². The minimum atomic E-state index is -0.136. The molecule has 0 saturated heterocycles. The molecule has 0 atom stereocenters. The van der Waals surface area contributed by atoms with Gasteiger partial charge in [-0.25, -0.2) is 0 Å². The number of nitrogens with one attached hydrogen (secondary N) is 1. The molecule has 0 aliphatic rings. The summed E-state index contributed by atoms with van der Waals surface area (Å²) in [6, 6.07) is 4.98. The summed E-state index contributed by atoms with van der Waals surface area (Å²) in [5.41, 5.74) is 6.73. The summed E-state index contributed by atoms with van der Waals surface area (Å²) in [5.74, 6) is 0.119. The van der Waals surface area contributed by atoms with Gasteiger partial charge < -0.3 is 16.0 Å². The molecule has 1 amide bonds. The van der Waals surface area contributed by atoms with Crippen molar-refractivity contribution in [3.8, 4) is 0 Å². The first-order chi connectivity index (χ1) is 9.95. The maximum absolute atomic E-state index is 11.9. The second-order valence-corrected chi connectivity index (χ2v) is 6.90. The smallest absolute Gasteiger partial charge is 0.234 e. The number of nitrogen functional groups attached to an aromatic ring is 1. The predicted octanol–water partition coefficient (Wildman–Crippen LogP) is 2.57. The first-order valence-corrected chi connectivity index (χ1v) is 8.12. The molecule has 9 heteroatoms. The fourth-order valence-electron chi connectivity index (χ4n) is 1.39. The van der Waals surface area contributed by atoms with Crippen LogP contribution in [0.15, 0.2) is 22.5 Å². The van der Waals surface area contributed by atoms with Gasteiger partial charge in [0.05, 0.1) is 16.5 Å². The number of rotatable bonds is 5. The monoisotopic (exact) mass is 343 g/mol. The molecule has 0 radical (unpaired) electrons. The number of halogens is 1. The van der Waals surface area contributed by atoms with Crippen molar-refractivity contribution in [2.75, 3.05) is 35.8 Å². The summed E-state index contributed by atoms with van der Waals surface area (Å²) in [4.78, 5) is 13.7. The summed E-state index contributed by atoms with van der Waals surface area (Å²) in [6.45, 7) is 0. The number of thioether (sulfide) groups is 1. The van der Waals surface area contributed by atoms with Crippen LogP contribution in [0.4, 0.5) is 16.5 Å². The highest BCUT2D eigenvalue weighted by atomic mass is 35.5. The van der Waals surface area contributed by atoms with E-state index >= 15 is 0 Å². The van der Waals surface area contributed by atoms with Crippen LogP contribution in [0.5, 0.6) is 0 Å². The highest BCUT2D eigenvalue weighted by Gasteiger charge is 2.09. The molecule has 3 N–H and O–H groups in total. The van der Waals surface area contributed by atoms with Gasteiger partial charge in [-0.1, -0.05) is 34.7 Å². The van der Waals surface area contributed by atoms with Crippen LogP contribution in [-0.4, -0.2) is 36.0 Å². The van der Waals surface area contributed by atoms with Crippen LogP contribution in [-0.2, 0) is 4.79 Å². The molecule has 2 rings (SSSR count). The average Bonchev–Trinajstić information content (AvgIpc) is 2.90. The SMILES string of the molecule is CN(C)c1nnc(SCC(=O)Nc2ccc(Cl)c(N)c2)s1. The first kappa shape index (κ1) is 15.9. The lowest BCUT2D eigenvalue weighted by molar-refractivity contribution is -0.113. The molecular formula is C12H14ClN5OS2. The maximum atomic E-state index is 11.9. The lowest BCUT2D eigenvalue weighted by Gasteiger charge is -2.06. The molecule has 112 valence electrons. The van der Waals surface area contributed by atoms with Crippen molar-refractivity contribution >= 4 is 57.1 Å². The number of hydrogen-bond donors (Lipinski definition) is 2. The van der Waals surface area contributed by atoms with Crippen molar-refractivity contribution in [1.29, 1.82) is 0 Å². The van der Waals surface area contributed by atoms with E-state index in [9.17, 15) is 4.79 Å². The molecule has 0 saturated carbocycles. The Kier molecular flexibility index (Phi) is 5.27. The molecule has 1 heterocycles. The number of nitrogens with zero attached hydrogens (tertiary/aromatic N) is 3. The van der Waals surface area contributed by atoms with Crippen LogP contribution >= 0.6 is 34.7 Å². The number of amides is 1. The van der Waals surface area contributed by atoms with Gasteiger partial charge in [-0.05, 0) is 18.2 Å². The second kappa shape index (κ2) is 6.97. The zero-order chi connectivity index (χ0) is 15.4. The largest absolute Gasteiger partial charge is 0.397 e. The molecule has 6 nitrogen and oxygen atoms in total. The Morgan fingerprint density at radius 2 is 2.24 bits per heavy atom. The number of nitrogens with two attached hydrogens (primary N) is 1. The number of carbonyl (C=O) groups is 1. The molecule has 0 bridgehead atoms. The fourth-order valence-corrected chi connectivity index (χ4v) is 3.07. The Labute approximate surface area is 135 Å². The first-order valence-electron chi connectivity index (χ1n) is 5.94. The molecule has 1 aromatic carbocycles. The highest BCUT2D eigenvalue weighted by Crippen LogP contribution is 2.27. The van der Waals surface area contributed by atoms with Crippen molar-refractivity contribution in [3.63, 3.8) is 0 Å². The highest BCUT2D eigenvalue weighted by molar-refractivity contribution is 8.01. The number of benzene rings is 1. The summed E-state index contributed by atoms with van der Waals surface area (Å²) < 4.78 is 0.754. The van der Waals surface area contributed by atoms with E-state index in [0.29, 0.717) is 16.4 Å². The van der Waals surface area contributed by atoms with Gasteiger partial charge in [0.1, 0.15) is 0 Å². The van der Waals surface area contributed by atoms with Crippen molar-refractivity contribution in [3.05, 3.63) is 23.2 Å². The van der Waals surface area contributed by atoms with Crippen LogP contribution in [0.25, 0.3) is 0 Å². The van der Waals surface area contributed by atoms with Crippen molar-refractivity contribution < 1.29 is 4.79 Å². The van der Waals surface area contributed by atoms with E-state index in [-0.39, 0.29) is 11.7 Å². The van der Waals surface area contributed by atoms with Gasteiger partial charge >= 0.3 is 0 Å². The molecule has 0 fully saturated rings. The van der Waals surface area contributed by atoms with Crippen molar-refractivity contribution in [1.82, 2.24) is 10.2 Å². The zero-order valence-electron chi connectivity index (χ0n) is 11.5. The van der Waals surface area contributed by atoms with Gasteiger partial charge in [-0.15, -0.1) is 10.2 Å². The minimum absolute atomic E-state index is 0.136. The predicted molar refractivity (Wildman–Crippen MR) is 89.5 cm³/mol. The third-order valence-electron chi connectivity index (χ3n) is 2.38. The summed E-state index contributed by atoms with van der Waals surface area (Å²) >= 11 is 8.61. The number of aromatic nitrogens is 2. The molecule has 0 unspecified atom stereocenters. The summed E-state index contributed by atoms with van der Waals surface area (Å²) in [5, 5.41) is 12.1. The Balaban J connectivity index is 1.88. The fraction of sp³-hybridized carbons (Fsp3) is 0.250. The van der Waals surface area contributed by atoms with E-state index in [1.54, 1.807) is 18.2 Å². The Bertz CT molecular complexity index is 646. The quantitative estimate of drug-likeness (QED) is 0.641. The van der Waals surface area contributed by atoms with Crippen LogP contribution < -0.4 is 16.0 Å². The van der Waals surface area contributed by atoms with E-state index in [0.717, 1.165) is 9.47 Å². The van der Waals surface area contributed by atoms with E-state index in [2.05, 4.69) is 15.5 Å². The van der Waals surface area contributed by atoms with E-state index in [1.165, 1.54) is 23.1 Å². The standard InChI is InChI=1S/C12H14ClN5OS2/c1-18(2)11-16-17-12(21-11)20-6-10(19)15-7-3-4-8(13)9(14)5-7/h3-5H,6,14H2,1-2H3,(H,15,19). The van der Waals surface area contributed by atoms with Crippen molar-refractivity contribution in [2.24, 2.45) is 0 Å². The van der Waals surface area contributed by atoms with Gasteiger partial charge in [0.25, 0.3) is 0 Å². The molecule has 2 aromatic rings. The number of hydrogen-bond acceptors (Lipinski definition) is 7. The molecule has 0 aliphatic heterocycles. The third kappa shape index (κ3) is 4.48. The Hall–Kier alpha value is -1.51. The molecule has 0 spiro atoms. The maximum Gasteiger partial charge on any atom is 0.234 e. The molecule has 1 aromatic heterocycles. The zero-order valence-corrected chi connectivity index (χ0v) is 13.8. The second-order valence-electron chi connectivity index (χ2n) is 4.32. The minimum Gasteiger partial charge on any atom is -0.397 e. The summed E-state index contributed by atoms with van der Waals surface area (Å²) in [6.07, 6.45) is 0. The topological polar surface area (TPSA) is 84.1 Å². The normalized spacial score (nSPS) is 10.4. The van der Waals surface area contributed by atoms with Gasteiger partial charge in [0, 0.05) is 19.8 Å². The molecule has 0 aliphatic carbocycles. The van der Waals surface area contributed by atoms with Crippen LogP contribution in [0.1, 0.15) is 0 Å². The van der Waals surface area contributed by atoms with E-state index in [4.69, 9.17) is 17.3 Å². The Morgan fingerprint density at radius 3 is 2.86 bits per heavy atom. The Morgan fingerprint density at radius 1 is 1.48 bits per heavy atom. The van der Waals surface area contributed by atoms with Gasteiger partial charge in [0.15, 0.2) is 4.34 Å². The van der Waals surface area contributed by atoms with E-state index < -0.39 is 0 Å². The number of carbonyl (C=O) groups excluding carboxylic acids is 1. The lowest BCUT2D eigenvalue weighted by atomic mass is 10.3. The average molecular weight is 344 g/mol. The molecular weight excluding hydrogens is 330 g/mol. The van der Waals surface area contributed by atoms with Crippen LogP contribution in [0, 0.1) is 0 Å². The van der Waals surface area contributed by atoms with Crippen LogP contribution in [0.3, 0.4) is 0 Å². The lowest BCUT2D eigenvalue weighted by Crippen LogP contribution is -2.14. The van der Waals surface area contributed by atoms with Crippen molar-refractivity contribution in [2.45, 2.75) is 4.34 Å². The third-order valence-corrected chi connectivity index (χ3v) is 4.95. The molecule has 21 heavy (non-hydrogen) atoms. The van der Waals surface area contributed by atoms with Gasteiger partial charge in [-0.2, -0.15) is 0 Å². The van der Waals surface area contributed by atoms with Gasteiger partial charge in [0.2, 0.25) is 11.0 Å². The number of anilines is 3. The summed E-state index contributed by atoms with van der Waals surface area (Å²) in [7, 11) is 3.79. The van der Waals surface area contributed by atoms with Crippen LogP contribution in [0.2, 0.25) is 5.02 Å². The van der Waals surface area contributed by atoms with Gasteiger partial charge in [-0.3, -0.25) is 4.79 Å².